The first-order chi connectivity index (χ1) is 10.0. The van der Waals surface area contributed by atoms with Gasteiger partial charge in [-0.3, -0.25) is 9.52 Å². The van der Waals surface area contributed by atoms with Gasteiger partial charge in [-0.05, 0) is 29.8 Å². The number of nitrogens with one attached hydrogen (secondary N) is 1. The number of benzene rings is 1. The van der Waals surface area contributed by atoms with Gasteiger partial charge in [-0.1, -0.05) is 12.1 Å². The van der Waals surface area contributed by atoms with Gasteiger partial charge in [0.25, 0.3) is 10.0 Å². The number of sulfonamides is 1. The van der Waals surface area contributed by atoms with Gasteiger partial charge < -0.3 is 4.74 Å². The van der Waals surface area contributed by atoms with Crippen LogP contribution in [-0.4, -0.2) is 31.7 Å². The Morgan fingerprint density at radius 2 is 1.95 bits per heavy atom. The molecule has 0 aliphatic heterocycles. The van der Waals surface area contributed by atoms with Gasteiger partial charge in [-0.15, -0.1) is 5.10 Å². The third-order valence-electron chi connectivity index (χ3n) is 2.62. The van der Waals surface area contributed by atoms with Gasteiger partial charge in [0.1, 0.15) is 0 Å². The normalized spacial score (nSPS) is 10.9. The average molecular weight is 307 g/mol. The van der Waals surface area contributed by atoms with E-state index in [1.54, 1.807) is 18.2 Å². The zero-order valence-corrected chi connectivity index (χ0v) is 12.0. The molecule has 110 valence electrons. The Bertz CT molecular complexity index is 715. The third kappa shape index (κ3) is 3.99. The molecule has 0 unspecified atom stereocenters. The van der Waals surface area contributed by atoms with E-state index in [2.05, 4.69) is 19.7 Å². The van der Waals surface area contributed by atoms with E-state index in [0.29, 0.717) is 5.56 Å². The molecule has 21 heavy (non-hydrogen) atoms. The Labute approximate surface area is 122 Å². The van der Waals surface area contributed by atoms with Crippen LogP contribution in [0, 0.1) is 0 Å². The van der Waals surface area contributed by atoms with Crippen LogP contribution in [0.2, 0.25) is 0 Å². The van der Waals surface area contributed by atoms with Gasteiger partial charge >= 0.3 is 5.97 Å². The fourth-order valence-corrected chi connectivity index (χ4v) is 2.57. The van der Waals surface area contributed by atoms with E-state index in [1.807, 2.05) is 0 Å². The van der Waals surface area contributed by atoms with Crippen molar-refractivity contribution in [2.24, 2.45) is 0 Å². The van der Waals surface area contributed by atoms with Gasteiger partial charge in [0.15, 0.2) is 5.82 Å². The number of carbonyl (C=O) groups excluding carboxylic acids is 1. The molecule has 8 heteroatoms. The highest BCUT2D eigenvalue weighted by molar-refractivity contribution is 7.92. The van der Waals surface area contributed by atoms with E-state index < -0.39 is 10.0 Å². The van der Waals surface area contributed by atoms with Crippen LogP contribution in [0.5, 0.6) is 0 Å². The molecule has 1 aromatic heterocycles. The van der Waals surface area contributed by atoms with Crippen LogP contribution in [0.1, 0.15) is 5.56 Å². The first kappa shape index (κ1) is 14.9. The fraction of sp³-hybridized carbons (Fsp3) is 0.154. The van der Waals surface area contributed by atoms with Crippen molar-refractivity contribution in [1.82, 2.24) is 10.2 Å². The minimum absolute atomic E-state index is 0.0711. The molecule has 0 atom stereocenters. The Kier molecular flexibility index (Phi) is 4.49. The van der Waals surface area contributed by atoms with Crippen LogP contribution in [-0.2, 0) is 26.0 Å². The van der Waals surface area contributed by atoms with Crippen molar-refractivity contribution in [2.75, 3.05) is 11.8 Å². The third-order valence-corrected chi connectivity index (χ3v) is 3.99. The van der Waals surface area contributed by atoms with Gasteiger partial charge in [0.05, 0.1) is 18.4 Å². The molecule has 0 aliphatic rings. The summed E-state index contributed by atoms with van der Waals surface area (Å²) in [7, 11) is -2.44. The summed E-state index contributed by atoms with van der Waals surface area (Å²) >= 11 is 0. The lowest BCUT2D eigenvalue weighted by Crippen LogP contribution is -2.14. The first-order valence-electron chi connectivity index (χ1n) is 5.97. The predicted molar refractivity (Wildman–Crippen MR) is 75.0 cm³/mol. The van der Waals surface area contributed by atoms with Gasteiger partial charge in [0, 0.05) is 6.20 Å². The standard InChI is InChI=1S/C13H13N3O4S/c1-20-13(17)9-10-4-6-11(7-5-10)21(18,19)16-12-3-2-8-14-15-12/h2-8H,9H2,1H3,(H,15,16). The number of aromatic nitrogens is 2. The van der Waals surface area contributed by atoms with E-state index in [9.17, 15) is 13.2 Å². The molecule has 0 aliphatic carbocycles. The minimum Gasteiger partial charge on any atom is -0.469 e. The molecule has 0 amide bonds. The molecule has 2 aromatic rings. The van der Waals surface area contributed by atoms with Crippen LogP contribution >= 0.6 is 0 Å². The lowest BCUT2D eigenvalue weighted by atomic mass is 10.2. The summed E-state index contributed by atoms with van der Waals surface area (Å²) in [6, 6.07) is 9.01. The molecule has 1 heterocycles. The maximum absolute atomic E-state index is 12.1. The summed E-state index contributed by atoms with van der Waals surface area (Å²) in [5.41, 5.74) is 0.667. The van der Waals surface area contributed by atoms with Crippen molar-refractivity contribution >= 4 is 21.8 Å². The number of esters is 1. The number of rotatable bonds is 5. The number of hydrogen-bond donors (Lipinski definition) is 1. The smallest absolute Gasteiger partial charge is 0.309 e. The lowest BCUT2D eigenvalue weighted by Gasteiger charge is -2.07. The highest BCUT2D eigenvalue weighted by Crippen LogP contribution is 2.15. The van der Waals surface area contributed by atoms with E-state index >= 15 is 0 Å². The molecule has 2 rings (SSSR count). The van der Waals surface area contributed by atoms with Crippen LogP contribution in [0.25, 0.3) is 0 Å². The quantitative estimate of drug-likeness (QED) is 0.827. The topological polar surface area (TPSA) is 98.2 Å². The summed E-state index contributed by atoms with van der Waals surface area (Å²) in [6.45, 7) is 0. The molecule has 7 nitrogen and oxygen atoms in total. The van der Waals surface area contributed by atoms with Crippen molar-refractivity contribution in [2.45, 2.75) is 11.3 Å². The Hall–Kier alpha value is -2.48. The molecule has 0 saturated carbocycles. The highest BCUT2D eigenvalue weighted by atomic mass is 32.2. The lowest BCUT2D eigenvalue weighted by molar-refractivity contribution is -0.139. The molecular formula is C13H13N3O4S. The predicted octanol–water partition coefficient (Wildman–Crippen LogP) is 0.993. The summed E-state index contributed by atoms with van der Waals surface area (Å²) in [5.74, 6) is -0.251. The molecule has 0 radical (unpaired) electrons. The molecule has 0 spiro atoms. The van der Waals surface area contributed by atoms with Gasteiger partial charge in [-0.25, -0.2) is 8.42 Å². The van der Waals surface area contributed by atoms with E-state index in [-0.39, 0.29) is 23.1 Å². The summed E-state index contributed by atoms with van der Waals surface area (Å²) in [4.78, 5) is 11.2. The second kappa shape index (κ2) is 6.31. The fourth-order valence-electron chi connectivity index (χ4n) is 1.58. The zero-order valence-electron chi connectivity index (χ0n) is 11.2. The number of nitrogens with zero attached hydrogens (tertiary/aromatic N) is 2. The first-order valence-corrected chi connectivity index (χ1v) is 7.46. The Balaban J connectivity index is 2.15. The number of anilines is 1. The summed E-state index contributed by atoms with van der Waals surface area (Å²) in [6.07, 6.45) is 1.54. The number of hydrogen-bond acceptors (Lipinski definition) is 6. The molecule has 0 saturated heterocycles. The largest absolute Gasteiger partial charge is 0.469 e. The van der Waals surface area contributed by atoms with Crippen molar-refractivity contribution in [3.63, 3.8) is 0 Å². The van der Waals surface area contributed by atoms with Crippen molar-refractivity contribution in [3.05, 3.63) is 48.2 Å². The Morgan fingerprint density at radius 3 is 2.52 bits per heavy atom. The van der Waals surface area contributed by atoms with E-state index in [1.165, 1.54) is 31.5 Å². The van der Waals surface area contributed by atoms with Crippen LogP contribution in [0.3, 0.4) is 0 Å². The second-order valence-corrected chi connectivity index (χ2v) is 5.79. The monoisotopic (exact) mass is 307 g/mol. The van der Waals surface area contributed by atoms with Gasteiger partial charge in [-0.2, -0.15) is 5.10 Å². The maximum Gasteiger partial charge on any atom is 0.309 e. The SMILES string of the molecule is COC(=O)Cc1ccc(S(=O)(=O)Nc2cccnn2)cc1. The molecule has 1 aromatic carbocycles. The van der Waals surface area contributed by atoms with E-state index in [4.69, 9.17) is 0 Å². The van der Waals surface area contributed by atoms with Crippen LogP contribution in [0.4, 0.5) is 5.82 Å². The van der Waals surface area contributed by atoms with E-state index in [0.717, 1.165) is 0 Å². The summed E-state index contributed by atoms with van der Waals surface area (Å²) in [5, 5.41) is 7.25. The number of carbonyl (C=O) groups is 1. The summed E-state index contributed by atoms with van der Waals surface area (Å²) < 4.78 is 31.1. The molecule has 1 N–H and O–H groups in total. The van der Waals surface area contributed by atoms with Crippen LogP contribution < -0.4 is 4.72 Å². The van der Waals surface area contributed by atoms with Crippen molar-refractivity contribution in [1.29, 1.82) is 0 Å². The number of methoxy groups -OCH3 is 1. The minimum atomic E-state index is -3.73. The number of ether oxygens (including phenoxy) is 1. The molecular weight excluding hydrogens is 294 g/mol. The average Bonchev–Trinajstić information content (AvgIpc) is 2.48. The van der Waals surface area contributed by atoms with Crippen molar-refractivity contribution in [3.8, 4) is 0 Å². The van der Waals surface area contributed by atoms with Crippen LogP contribution in [0.15, 0.2) is 47.5 Å². The van der Waals surface area contributed by atoms with Gasteiger partial charge in [0.2, 0.25) is 0 Å². The second-order valence-electron chi connectivity index (χ2n) is 4.11. The molecule has 0 bridgehead atoms. The Morgan fingerprint density at radius 1 is 1.24 bits per heavy atom. The van der Waals surface area contributed by atoms with Crippen molar-refractivity contribution < 1.29 is 17.9 Å². The molecule has 0 fully saturated rings. The zero-order chi connectivity index (χ0) is 15.3. The maximum atomic E-state index is 12.1. The highest BCUT2D eigenvalue weighted by Gasteiger charge is 2.15.